The predicted molar refractivity (Wildman–Crippen MR) is 104 cm³/mol. The van der Waals surface area contributed by atoms with Gasteiger partial charge in [-0.2, -0.15) is 23.5 Å². The number of fused-ring (bicyclic) bond motifs is 1. The molecule has 0 unspecified atom stereocenters. The molecule has 11 heteroatoms. The number of rotatable bonds is 5. The fourth-order valence-electron chi connectivity index (χ4n) is 2.89. The molecule has 1 aromatic carbocycles. The van der Waals surface area contributed by atoms with Gasteiger partial charge >= 0.3 is 6.18 Å². The summed E-state index contributed by atoms with van der Waals surface area (Å²) < 4.78 is 41.5. The number of primary amides is 1. The minimum absolute atomic E-state index is 0.0172. The largest absolute Gasteiger partial charge is 0.433 e. The minimum atomic E-state index is -4.78. The summed E-state index contributed by atoms with van der Waals surface area (Å²) in [5.41, 5.74) is 4.56. The molecule has 0 aliphatic rings. The van der Waals surface area contributed by atoms with Crippen LogP contribution in [0.1, 0.15) is 41.4 Å². The number of hydrogen-bond acceptors (Lipinski definition) is 5. The predicted octanol–water partition coefficient (Wildman–Crippen LogP) is 2.65. The molecule has 3 rings (SSSR count). The number of amides is 2. The number of alkyl halides is 3. The van der Waals surface area contributed by atoms with Gasteiger partial charge in [0.1, 0.15) is 5.56 Å². The first-order valence-electron chi connectivity index (χ1n) is 9.09. The Bertz CT molecular complexity index is 1190. The van der Waals surface area contributed by atoms with E-state index in [2.05, 4.69) is 10.1 Å². The maximum atomic E-state index is 13.7. The Balaban J connectivity index is 2.15. The summed E-state index contributed by atoms with van der Waals surface area (Å²) >= 11 is 0. The molecule has 3 N–H and O–H groups in total. The number of benzene rings is 1. The van der Waals surface area contributed by atoms with Crippen LogP contribution in [-0.4, -0.2) is 32.5 Å². The van der Waals surface area contributed by atoms with Crippen LogP contribution in [0.25, 0.3) is 16.9 Å². The number of nitrogens with two attached hydrogens (primary N) is 1. The molecule has 0 spiro atoms. The van der Waals surface area contributed by atoms with Crippen molar-refractivity contribution in [2.45, 2.75) is 32.0 Å². The van der Waals surface area contributed by atoms with Crippen LogP contribution in [0.2, 0.25) is 0 Å². The lowest BCUT2D eigenvalue weighted by Gasteiger charge is -2.12. The molecule has 0 bridgehead atoms. The van der Waals surface area contributed by atoms with E-state index in [9.17, 15) is 22.8 Å². The van der Waals surface area contributed by atoms with Crippen LogP contribution < -0.4 is 11.1 Å². The van der Waals surface area contributed by atoms with Crippen molar-refractivity contribution >= 4 is 17.5 Å². The number of nitriles is 1. The van der Waals surface area contributed by atoms with E-state index in [0.717, 1.165) is 17.8 Å². The van der Waals surface area contributed by atoms with E-state index in [1.54, 1.807) is 24.3 Å². The zero-order valence-corrected chi connectivity index (χ0v) is 16.4. The Morgan fingerprint density at radius 2 is 1.87 bits per heavy atom. The van der Waals surface area contributed by atoms with Gasteiger partial charge in [-0.3, -0.25) is 9.59 Å². The standard InChI is InChI=1S/C20H17F3N6O2/c1-10(2)11-3-5-12(6-4-11)14-7-16(20(21,22)23)29-18(27-14)13(9-26-29)19(31)28-15(8-24)17(25)30/h3-7,9-10,15H,1-2H3,(H2,25,30)(H,28,31)/t15-/m1/s1. The van der Waals surface area contributed by atoms with Gasteiger partial charge in [0.2, 0.25) is 0 Å². The number of hydrogen-bond donors (Lipinski definition) is 2. The van der Waals surface area contributed by atoms with Crippen molar-refractivity contribution < 1.29 is 22.8 Å². The summed E-state index contributed by atoms with van der Waals surface area (Å²) in [6, 6.07) is 7.53. The number of carbonyl (C=O) groups excluding carboxylic acids is 2. The van der Waals surface area contributed by atoms with E-state index in [-0.39, 0.29) is 22.8 Å². The Kier molecular flexibility index (Phi) is 5.66. The summed E-state index contributed by atoms with van der Waals surface area (Å²) in [6.07, 6.45) is -3.90. The summed E-state index contributed by atoms with van der Waals surface area (Å²) in [5.74, 6) is -1.88. The lowest BCUT2D eigenvalue weighted by atomic mass is 10.0. The van der Waals surface area contributed by atoms with Crippen LogP contribution in [0, 0.1) is 11.3 Å². The van der Waals surface area contributed by atoms with Gasteiger partial charge in [0.25, 0.3) is 11.8 Å². The van der Waals surface area contributed by atoms with Gasteiger partial charge in [-0.1, -0.05) is 38.1 Å². The fraction of sp³-hybridized carbons (Fsp3) is 0.250. The summed E-state index contributed by atoms with van der Waals surface area (Å²) in [4.78, 5) is 27.9. The molecule has 2 amide bonds. The molecule has 2 aromatic heterocycles. The molecular weight excluding hydrogens is 413 g/mol. The van der Waals surface area contributed by atoms with Crippen molar-refractivity contribution in [3.8, 4) is 17.3 Å². The van der Waals surface area contributed by atoms with Gasteiger partial charge in [0.05, 0.1) is 18.0 Å². The van der Waals surface area contributed by atoms with Gasteiger partial charge in [-0.25, -0.2) is 9.50 Å². The van der Waals surface area contributed by atoms with Crippen molar-refractivity contribution in [2.75, 3.05) is 0 Å². The van der Waals surface area contributed by atoms with E-state index in [4.69, 9.17) is 11.0 Å². The quantitative estimate of drug-likeness (QED) is 0.644. The van der Waals surface area contributed by atoms with E-state index in [0.29, 0.717) is 10.1 Å². The Hall–Kier alpha value is -3.94. The molecule has 0 radical (unpaired) electrons. The van der Waals surface area contributed by atoms with Crippen LogP contribution in [-0.2, 0) is 11.0 Å². The molecule has 2 heterocycles. The van der Waals surface area contributed by atoms with Crippen molar-refractivity contribution in [1.29, 1.82) is 5.26 Å². The number of nitrogens with one attached hydrogen (secondary N) is 1. The summed E-state index contributed by atoms with van der Waals surface area (Å²) in [7, 11) is 0. The van der Waals surface area contributed by atoms with Crippen LogP contribution in [0.15, 0.2) is 36.5 Å². The van der Waals surface area contributed by atoms with Crippen LogP contribution in [0.3, 0.4) is 0 Å². The van der Waals surface area contributed by atoms with Crippen molar-refractivity contribution in [3.05, 3.63) is 53.3 Å². The smallest absolute Gasteiger partial charge is 0.367 e. The number of halogens is 3. The number of aromatic nitrogens is 3. The molecule has 0 saturated heterocycles. The molecule has 3 aromatic rings. The second-order valence-corrected chi connectivity index (χ2v) is 7.03. The molecule has 0 aliphatic carbocycles. The van der Waals surface area contributed by atoms with E-state index in [1.807, 2.05) is 19.2 Å². The van der Waals surface area contributed by atoms with Gasteiger partial charge in [-0.05, 0) is 17.5 Å². The molecule has 0 aliphatic heterocycles. The van der Waals surface area contributed by atoms with Crippen molar-refractivity contribution in [2.24, 2.45) is 5.73 Å². The molecule has 8 nitrogen and oxygen atoms in total. The summed E-state index contributed by atoms with van der Waals surface area (Å²) in [5, 5.41) is 14.6. The highest BCUT2D eigenvalue weighted by Gasteiger charge is 2.36. The Morgan fingerprint density at radius 1 is 1.23 bits per heavy atom. The van der Waals surface area contributed by atoms with E-state index >= 15 is 0 Å². The first kappa shape index (κ1) is 21.8. The summed E-state index contributed by atoms with van der Waals surface area (Å²) in [6.45, 7) is 3.97. The van der Waals surface area contributed by atoms with Gasteiger partial charge in [-0.15, -0.1) is 0 Å². The van der Waals surface area contributed by atoms with Crippen molar-refractivity contribution in [1.82, 2.24) is 19.9 Å². The third-order valence-corrected chi connectivity index (χ3v) is 4.57. The van der Waals surface area contributed by atoms with E-state index < -0.39 is 29.7 Å². The molecule has 31 heavy (non-hydrogen) atoms. The minimum Gasteiger partial charge on any atom is -0.367 e. The lowest BCUT2D eigenvalue weighted by Crippen LogP contribution is -2.43. The monoisotopic (exact) mass is 430 g/mol. The molecule has 1 atom stereocenters. The van der Waals surface area contributed by atoms with E-state index in [1.165, 1.54) is 6.07 Å². The van der Waals surface area contributed by atoms with Crippen molar-refractivity contribution in [3.63, 3.8) is 0 Å². The maximum Gasteiger partial charge on any atom is 0.433 e. The molecule has 0 fully saturated rings. The zero-order valence-electron chi connectivity index (χ0n) is 16.4. The van der Waals surface area contributed by atoms with Gasteiger partial charge in [0, 0.05) is 5.56 Å². The third kappa shape index (κ3) is 4.32. The van der Waals surface area contributed by atoms with Crippen LogP contribution in [0.4, 0.5) is 13.2 Å². The lowest BCUT2D eigenvalue weighted by molar-refractivity contribution is -0.142. The average molecular weight is 430 g/mol. The first-order chi connectivity index (χ1) is 14.5. The highest BCUT2D eigenvalue weighted by molar-refractivity contribution is 6.02. The fourth-order valence-corrected chi connectivity index (χ4v) is 2.89. The highest BCUT2D eigenvalue weighted by atomic mass is 19.4. The topological polar surface area (TPSA) is 126 Å². The number of carbonyl (C=O) groups is 2. The van der Waals surface area contributed by atoms with Crippen LogP contribution >= 0.6 is 0 Å². The second-order valence-electron chi connectivity index (χ2n) is 7.03. The average Bonchev–Trinajstić information content (AvgIpc) is 3.14. The zero-order chi connectivity index (χ0) is 22.9. The van der Waals surface area contributed by atoms with Gasteiger partial charge in [0.15, 0.2) is 17.4 Å². The molecule has 160 valence electrons. The highest BCUT2D eigenvalue weighted by Crippen LogP contribution is 2.33. The Morgan fingerprint density at radius 3 is 2.39 bits per heavy atom. The first-order valence-corrected chi connectivity index (χ1v) is 9.09. The molecule has 0 saturated carbocycles. The normalized spacial score (nSPS) is 12.5. The third-order valence-electron chi connectivity index (χ3n) is 4.57. The Labute approximate surface area is 174 Å². The second kappa shape index (κ2) is 8.06. The number of nitrogens with zero attached hydrogens (tertiary/aromatic N) is 4. The maximum absolute atomic E-state index is 13.7. The van der Waals surface area contributed by atoms with Gasteiger partial charge < -0.3 is 11.1 Å². The molecular formula is C20H17F3N6O2. The van der Waals surface area contributed by atoms with Crippen LogP contribution in [0.5, 0.6) is 0 Å². The SMILES string of the molecule is CC(C)c1ccc(-c2cc(C(F)(F)F)n3ncc(C(=O)N[C@H](C#N)C(N)=O)c3n2)cc1.